The Kier molecular flexibility index (Phi) is 17.3. The third-order valence-corrected chi connectivity index (χ3v) is 34.2. The second-order valence-electron chi connectivity index (χ2n) is 28.3. The molecule has 0 amide bonds. The van der Waals surface area contributed by atoms with Gasteiger partial charge in [0.05, 0.1) is 0 Å². The zero-order chi connectivity index (χ0) is 74.5. The van der Waals surface area contributed by atoms with Gasteiger partial charge in [-0.3, -0.25) is 0 Å². The molecule has 0 atom stereocenters. The SMILES string of the molecule is c1ccc(N(c2cc(Oc3cccc(N(c4cc(N(c5ccccc5)c5cccc6c5[se]c5ccccc56)cc(N(c5ccccc5)c5cccc6c5[se]c5ccccc56)c4)c4cccc5c4[se]c4ccccc45)c3)cc(N(c3ccccc3)c3cccc4c3[se]c3ccccc34)c2)c2cccc3c2[se]c2ccccc23)cc1. The van der Waals surface area contributed by atoms with Crippen LogP contribution in [0.1, 0.15) is 0 Å². The molecule has 22 rings (SSSR count). The molecule has 22 aromatic rings. The van der Waals surface area contributed by atoms with E-state index in [0.29, 0.717) is 11.5 Å². The minimum absolute atomic E-state index is 0.0333. The Hall–Kier alpha value is -11.9. The molecule has 0 aliphatic heterocycles. The van der Waals surface area contributed by atoms with Gasteiger partial charge in [0.2, 0.25) is 0 Å². The summed E-state index contributed by atoms with van der Waals surface area (Å²) in [5, 5.41) is 13.0. The Morgan fingerprint density at radius 1 is 0.150 bits per heavy atom. The number of hydrogen-bond acceptors (Lipinski definition) is 6. The molecule has 0 unspecified atom stereocenters. The van der Waals surface area contributed by atoms with Gasteiger partial charge < -0.3 is 0 Å². The van der Waals surface area contributed by atoms with E-state index in [0.717, 1.165) is 73.9 Å². The summed E-state index contributed by atoms with van der Waals surface area (Å²) in [5.41, 5.74) is 16.0. The van der Waals surface area contributed by atoms with Crippen LogP contribution >= 0.6 is 0 Å². The number of ether oxygens (including phenoxy) is 1. The number of para-hydroxylation sites is 4. The number of hydrogen-bond donors (Lipinski definition) is 0. The van der Waals surface area contributed by atoms with E-state index in [9.17, 15) is 0 Å². The van der Waals surface area contributed by atoms with Crippen LogP contribution in [0.4, 0.5) is 85.3 Å². The summed E-state index contributed by atoms with van der Waals surface area (Å²) in [6.07, 6.45) is 0. The van der Waals surface area contributed by atoms with Crippen molar-refractivity contribution in [2.24, 2.45) is 0 Å². The van der Waals surface area contributed by atoms with Crippen molar-refractivity contribution in [3.05, 3.63) is 394 Å². The van der Waals surface area contributed by atoms with Crippen molar-refractivity contribution >= 4 is 254 Å². The van der Waals surface area contributed by atoms with E-state index < -0.39 is 0 Å². The van der Waals surface area contributed by atoms with Crippen LogP contribution in [0.3, 0.4) is 0 Å². The summed E-state index contributed by atoms with van der Waals surface area (Å²) >= 11 is 0.117. The van der Waals surface area contributed by atoms with E-state index >= 15 is 0 Å². The molecule has 0 aliphatic carbocycles. The summed E-state index contributed by atoms with van der Waals surface area (Å²) in [4.78, 5) is 12.6. The van der Waals surface area contributed by atoms with Crippen molar-refractivity contribution in [3.8, 4) is 11.5 Å². The predicted molar refractivity (Wildman–Crippen MR) is 486 cm³/mol. The van der Waals surface area contributed by atoms with Gasteiger partial charge in [-0.1, -0.05) is 0 Å². The first-order chi connectivity index (χ1) is 56.0. The third-order valence-electron chi connectivity index (χ3n) is 21.5. The molecule has 0 bridgehead atoms. The van der Waals surface area contributed by atoms with Crippen molar-refractivity contribution in [2.75, 3.05) is 24.5 Å². The number of fused-ring (bicyclic) bond motifs is 15. The van der Waals surface area contributed by atoms with Crippen molar-refractivity contribution in [3.63, 3.8) is 0 Å². The Balaban J connectivity index is 0.792. The molecule has 0 radical (unpaired) electrons. The fourth-order valence-corrected chi connectivity index (χ4v) is 29.3. The van der Waals surface area contributed by atoms with Crippen molar-refractivity contribution < 1.29 is 4.74 Å². The van der Waals surface area contributed by atoms with Crippen LogP contribution in [0.5, 0.6) is 11.5 Å². The zero-order valence-electron chi connectivity index (χ0n) is 60.7. The first-order valence-electron chi connectivity index (χ1n) is 37.8. The molecule has 5 heterocycles. The van der Waals surface area contributed by atoms with Gasteiger partial charge in [-0.05, 0) is 0 Å². The van der Waals surface area contributed by atoms with Gasteiger partial charge in [0, 0.05) is 0 Å². The standard InChI is InChI=1S/C102H65N5OSe5/c1-5-29-66(30-6-1)103(88-49-24-44-83-78-39-13-18-54-93(78)109-98(83)88)71-59-72(104(67-31-7-2-8-32-67)89-50-25-45-84-79-40-14-19-55-94(79)110-99(84)89)61-73(60-71)107(92-53-28-48-87-82-43-17-22-58-97(82)113-102(87)92)70-37-23-38-76(63-70)108-77-64-74(105(68-33-9-3-10-34-68)90-51-26-46-85-80-41-15-20-56-95(80)111-100(85)90)62-75(65-77)106(69-35-11-4-12-36-69)91-52-27-47-86-81-42-16-21-57-96(81)112-101(86)91/h1-65H. The Morgan fingerprint density at radius 3 is 0.628 bits per heavy atom. The molecular formula is C102H65N5OSe5. The van der Waals surface area contributed by atoms with Gasteiger partial charge in [0.15, 0.2) is 0 Å². The van der Waals surface area contributed by atoms with Crippen LogP contribution < -0.4 is 29.2 Å². The van der Waals surface area contributed by atoms with Crippen molar-refractivity contribution in [2.45, 2.75) is 0 Å². The second-order valence-corrected chi connectivity index (χ2v) is 39.3. The predicted octanol–water partition coefficient (Wildman–Crippen LogP) is 27.6. The van der Waals surface area contributed by atoms with Crippen LogP contribution in [0.15, 0.2) is 394 Å². The molecule has 0 saturated carbocycles. The van der Waals surface area contributed by atoms with E-state index in [1.165, 1.54) is 108 Å². The van der Waals surface area contributed by atoms with E-state index in [-0.39, 0.29) is 72.5 Å². The van der Waals surface area contributed by atoms with Crippen LogP contribution in [0, 0.1) is 0 Å². The second kappa shape index (κ2) is 28.7. The Bertz CT molecular complexity index is 7070. The fourth-order valence-electron chi connectivity index (χ4n) is 16.7. The first-order valence-corrected chi connectivity index (χ1v) is 46.4. The molecular weight excluding hydrogens is 1710 g/mol. The monoisotopic (exact) mass is 1780 g/mol. The Labute approximate surface area is 683 Å². The third kappa shape index (κ3) is 12.0. The quantitative estimate of drug-likeness (QED) is 0.0843. The van der Waals surface area contributed by atoms with Gasteiger partial charge in [-0.15, -0.1) is 0 Å². The molecule has 6 nitrogen and oxygen atoms in total. The normalized spacial score (nSPS) is 11.7. The summed E-state index contributed by atoms with van der Waals surface area (Å²) in [6.45, 7) is 0. The van der Waals surface area contributed by atoms with E-state index in [1.807, 2.05) is 0 Å². The summed E-state index contributed by atoms with van der Waals surface area (Å²) < 4.78 is 21.5. The van der Waals surface area contributed by atoms with Gasteiger partial charge >= 0.3 is 689 Å². The molecule has 0 N–H and O–H groups in total. The summed E-state index contributed by atoms with van der Waals surface area (Å²) in [5.74, 6) is 1.40. The van der Waals surface area contributed by atoms with E-state index in [2.05, 4.69) is 419 Å². The first kappa shape index (κ1) is 68.0. The van der Waals surface area contributed by atoms with E-state index in [4.69, 9.17) is 4.74 Å². The molecule has 0 saturated heterocycles. The summed E-state index contributed by atoms with van der Waals surface area (Å²) in [7, 11) is 0. The van der Waals surface area contributed by atoms with Gasteiger partial charge in [0.1, 0.15) is 0 Å². The van der Waals surface area contributed by atoms with Gasteiger partial charge in [0.25, 0.3) is 0 Å². The average molecular weight is 1770 g/mol. The number of anilines is 15. The topological polar surface area (TPSA) is 25.4 Å². The maximum absolute atomic E-state index is 7.81. The molecule has 0 aliphatic rings. The average Bonchev–Trinajstić information content (AvgIpc) is 1.73. The molecule has 0 fully saturated rings. The minimum atomic E-state index is -0.0392. The van der Waals surface area contributed by atoms with Crippen LogP contribution in [0.25, 0.3) is 96.5 Å². The van der Waals surface area contributed by atoms with Gasteiger partial charge in [-0.25, -0.2) is 0 Å². The molecule has 17 aromatic carbocycles. The molecule has 0 spiro atoms. The molecule has 11 heteroatoms. The van der Waals surface area contributed by atoms with E-state index in [1.54, 1.807) is 0 Å². The van der Waals surface area contributed by atoms with Crippen LogP contribution in [-0.2, 0) is 0 Å². The number of rotatable bonds is 17. The zero-order valence-corrected chi connectivity index (χ0v) is 69.3. The van der Waals surface area contributed by atoms with Gasteiger partial charge in [-0.2, -0.15) is 0 Å². The van der Waals surface area contributed by atoms with Crippen LogP contribution in [-0.4, -0.2) is 72.5 Å². The number of nitrogens with zero attached hydrogens (tertiary/aromatic N) is 5. The molecule has 113 heavy (non-hydrogen) atoms. The van der Waals surface area contributed by atoms with Crippen molar-refractivity contribution in [1.82, 2.24) is 0 Å². The van der Waals surface area contributed by atoms with Crippen LogP contribution in [0.2, 0.25) is 0 Å². The van der Waals surface area contributed by atoms with Crippen molar-refractivity contribution in [1.29, 1.82) is 0 Å². The molecule has 5 aromatic heterocycles. The summed E-state index contributed by atoms with van der Waals surface area (Å²) in [6, 6.07) is 147. The Morgan fingerprint density at radius 2 is 0.354 bits per heavy atom. The molecule has 534 valence electrons. The maximum atomic E-state index is 7.81. The number of benzene rings is 17. The fraction of sp³-hybridized carbons (Fsp3) is 0.